The van der Waals surface area contributed by atoms with Gasteiger partial charge in [-0.15, -0.1) is 11.3 Å². The Hall–Kier alpha value is -2.86. The van der Waals surface area contributed by atoms with E-state index in [0.717, 1.165) is 27.4 Å². The first-order valence-electron chi connectivity index (χ1n) is 8.62. The standard InChI is InChI=1S/C21H22N2O3S/c1-13-6-5-7-18(12-13)26-14(2)20(24)23-21-22-19(15(3)27-21)16-8-10-17(25-4)11-9-16/h5-12,14H,1-4H3,(H,22,23,24). The third-order valence-corrected chi connectivity index (χ3v) is 4.95. The van der Waals surface area contributed by atoms with Crippen LogP contribution in [-0.4, -0.2) is 24.1 Å². The van der Waals surface area contributed by atoms with Gasteiger partial charge in [-0.2, -0.15) is 0 Å². The first-order chi connectivity index (χ1) is 13.0. The van der Waals surface area contributed by atoms with Crippen LogP contribution < -0.4 is 14.8 Å². The molecule has 0 bridgehead atoms. The molecule has 0 aliphatic heterocycles. The van der Waals surface area contributed by atoms with Gasteiger partial charge in [0.25, 0.3) is 5.91 Å². The third kappa shape index (κ3) is 4.65. The largest absolute Gasteiger partial charge is 0.497 e. The normalized spacial score (nSPS) is 11.7. The highest BCUT2D eigenvalue weighted by Gasteiger charge is 2.18. The SMILES string of the molecule is COc1ccc(-c2nc(NC(=O)C(C)Oc3cccc(C)c3)sc2C)cc1. The van der Waals surface area contributed by atoms with E-state index < -0.39 is 6.10 Å². The van der Waals surface area contributed by atoms with E-state index in [1.54, 1.807) is 14.0 Å². The number of ether oxygens (including phenoxy) is 2. The lowest BCUT2D eigenvalue weighted by Gasteiger charge is -2.14. The van der Waals surface area contributed by atoms with Crippen LogP contribution in [0.5, 0.6) is 11.5 Å². The number of nitrogens with one attached hydrogen (secondary N) is 1. The summed E-state index contributed by atoms with van der Waals surface area (Å²) in [4.78, 5) is 18.1. The molecule has 3 rings (SSSR count). The van der Waals surface area contributed by atoms with Gasteiger partial charge >= 0.3 is 0 Å². The van der Waals surface area contributed by atoms with Crippen LogP contribution in [0.25, 0.3) is 11.3 Å². The van der Waals surface area contributed by atoms with Gasteiger partial charge in [0.1, 0.15) is 11.5 Å². The predicted molar refractivity (Wildman–Crippen MR) is 109 cm³/mol. The first-order valence-corrected chi connectivity index (χ1v) is 9.44. The molecule has 1 atom stereocenters. The fourth-order valence-electron chi connectivity index (χ4n) is 2.62. The highest BCUT2D eigenvalue weighted by Crippen LogP contribution is 2.31. The zero-order valence-corrected chi connectivity index (χ0v) is 16.6. The molecule has 140 valence electrons. The topological polar surface area (TPSA) is 60.5 Å². The van der Waals surface area contributed by atoms with Crippen LogP contribution in [0.15, 0.2) is 48.5 Å². The molecule has 0 aliphatic carbocycles. The average Bonchev–Trinajstić information content (AvgIpc) is 3.02. The number of amides is 1. The Bertz CT molecular complexity index is 935. The van der Waals surface area contributed by atoms with E-state index in [9.17, 15) is 4.79 Å². The van der Waals surface area contributed by atoms with Crippen molar-refractivity contribution in [1.29, 1.82) is 0 Å². The van der Waals surface area contributed by atoms with E-state index in [4.69, 9.17) is 9.47 Å². The van der Waals surface area contributed by atoms with Crippen molar-refractivity contribution in [2.24, 2.45) is 0 Å². The summed E-state index contributed by atoms with van der Waals surface area (Å²) in [5.74, 6) is 1.24. The number of hydrogen-bond donors (Lipinski definition) is 1. The van der Waals surface area contributed by atoms with Gasteiger partial charge in [0.15, 0.2) is 11.2 Å². The van der Waals surface area contributed by atoms with Crippen molar-refractivity contribution in [3.63, 3.8) is 0 Å². The summed E-state index contributed by atoms with van der Waals surface area (Å²) < 4.78 is 10.9. The van der Waals surface area contributed by atoms with Gasteiger partial charge in [0.05, 0.1) is 12.8 Å². The number of carbonyl (C=O) groups is 1. The van der Waals surface area contributed by atoms with Gasteiger partial charge in [-0.25, -0.2) is 4.98 Å². The number of nitrogens with zero attached hydrogens (tertiary/aromatic N) is 1. The van der Waals surface area contributed by atoms with Crippen molar-refractivity contribution in [1.82, 2.24) is 4.98 Å². The molecule has 0 spiro atoms. The fraction of sp³-hybridized carbons (Fsp3) is 0.238. The monoisotopic (exact) mass is 382 g/mol. The predicted octanol–water partition coefficient (Wildman–Crippen LogP) is 4.84. The molecule has 5 nitrogen and oxygen atoms in total. The van der Waals surface area contributed by atoms with Crippen molar-refractivity contribution in [3.8, 4) is 22.8 Å². The third-order valence-electron chi connectivity index (χ3n) is 4.06. The number of benzene rings is 2. The highest BCUT2D eigenvalue weighted by atomic mass is 32.1. The van der Waals surface area contributed by atoms with E-state index in [1.165, 1.54) is 11.3 Å². The summed E-state index contributed by atoms with van der Waals surface area (Å²) >= 11 is 1.44. The van der Waals surface area contributed by atoms with E-state index >= 15 is 0 Å². The van der Waals surface area contributed by atoms with Gasteiger partial charge in [0, 0.05) is 10.4 Å². The summed E-state index contributed by atoms with van der Waals surface area (Å²) in [5, 5.41) is 3.41. The van der Waals surface area contributed by atoms with Gasteiger partial charge in [-0.3, -0.25) is 10.1 Å². The van der Waals surface area contributed by atoms with Crippen LogP contribution in [0.4, 0.5) is 5.13 Å². The van der Waals surface area contributed by atoms with Crippen molar-refractivity contribution in [2.75, 3.05) is 12.4 Å². The second kappa shape index (κ2) is 8.22. The Kier molecular flexibility index (Phi) is 5.76. The molecule has 1 unspecified atom stereocenters. The fourth-order valence-corrected chi connectivity index (χ4v) is 3.46. The summed E-state index contributed by atoms with van der Waals surface area (Å²) in [6, 6.07) is 15.3. The van der Waals surface area contributed by atoms with Crippen LogP contribution in [0.1, 0.15) is 17.4 Å². The Morgan fingerprint density at radius 3 is 2.52 bits per heavy atom. The molecule has 1 heterocycles. The quantitative estimate of drug-likeness (QED) is 0.663. The molecule has 0 fully saturated rings. The number of anilines is 1. The number of hydrogen-bond acceptors (Lipinski definition) is 5. The summed E-state index contributed by atoms with van der Waals surface area (Å²) in [7, 11) is 1.64. The summed E-state index contributed by atoms with van der Waals surface area (Å²) in [6.45, 7) is 5.69. The van der Waals surface area contributed by atoms with Gasteiger partial charge in [0.2, 0.25) is 0 Å². The molecule has 0 radical (unpaired) electrons. The minimum atomic E-state index is -0.625. The van der Waals surface area contributed by atoms with Crippen molar-refractivity contribution < 1.29 is 14.3 Å². The van der Waals surface area contributed by atoms with Gasteiger partial charge in [-0.1, -0.05) is 12.1 Å². The van der Waals surface area contributed by atoms with E-state index in [1.807, 2.05) is 62.4 Å². The number of rotatable bonds is 6. The zero-order chi connectivity index (χ0) is 19.4. The van der Waals surface area contributed by atoms with E-state index in [2.05, 4.69) is 10.3 Å². The maximum absolute atomic E-state index is 12.5. The second-order valence-corrected chi connectivity index (χ2v) is 7.42. The maximum atomic E-state index is 12.5. The molecule has 2 aromatic carbocycles. The lowest BCUT2D eigenvalue weighted by molar-refractivity contribution is -0.122. The van der Waals surface area contributed by atoms with Crippen LogP contribution in [0, 0.1) is 13.8 Å². The molecular weight excluding hydrogens is 360 g/mol. The molecule has 6 heteroatoms. The van der Waals surface area contributed by atoms with Crippen molar-refractivity contribution in [2.45, 2.75) is 26.9 Å². The molecule has 3 aromatic rings. The average molecular weight is 382 g/mol. The Balaban J connectivity index is 1.69. The maximum Gasteiger partial charge on any atom is 0.266 e. The number of aryl methyl sites for hydroxylation is 2. The molecule has 27 heavy (non-hydrogen) atoms. The summed E-state index contributed by atoms with van der Waals surface area (Å²) in [5.41, 5.74) is 2.92. The van der Waals surface area contributed by atoms with E-state index in [0.29, 0.717) is 10.9 Å². The molecule has 1 N–H and O–H groups in total. The van der Waals surface area contributed by atoms with Crippen molar-refractivity contribution >= 4 is 22.4 Å². The minimum Gasteiger partial charge on any atom is -0.497 e. The Labute approximate surface area is 163 Å². The van der Waals surface area contributed by atoms with Gasteiger partial charge in [-0.05, 0) is 62.7 Å². The van der Waals surface area contributed by atoms with Crippen molar-refractivity contribution in [3.05, 3.63) is 59.0 Å². The smallest absolute Gasteiger partial charge is 0.266 e. The number of thiazole rings is 1. The molecule has 0 aliphatic rings. The Morgan fingerprint density at radius 1 is 1.11 bits per heavy atom. The first kappa shape index (κ1) is 18.9. The van der Waals surface area contributed by atoms with Crippen LogP contribution in [0.2, 0.25) is 0 Å². The summed E-state index contributed by atoms with van der Waals surface area (Å²) in [6.07, 6.45) is -0.625. The van der Waals surface area contributed by atoms with E-state index in [-0.39, 0.29) is 5.91 Å². The lowest BCUT2D eigenvalue weighted by Crippen LogP contribution is -2.30. The second-order valence-electron chi connectivity index (χ2n) is 6.22. The highest BCUT2D eigenvalue weighted by molar-refractivity contribution is 7.16. The molecule has 1 amide bonds. The number of methoxy groups -OCH3 is 1. The molecular formula is C21H22N2O3S. The molecule has 0 saturated heterocycles. The Morgan fingerprint density at radius 2 is 1.85 bits per heavy atom. The zero-order valence-electron chi connectivity index (χ0n) is 15.8. The molecule has 0 saturated carbocycles. The minimum absolute atomic E-state index is 0.230. The molecule has 1 aromatic heterocycles. The van der Waals surface area contributed by atoms with Crippen LogP contribution in [-0.2, 0) is 4.79 Å². The van der Waals surface area contributed by atoms with Gasteiger partial charge < -0.3 is 9.47 Å². The lowest BCUT2D eigenvalue weighted by atomic mass is 10.1. The number of carbonyl (C=O) groups excluding carboxylic acids is 1. The number of aromatic nitrogens is 1. The van der Waals surface area contributed by atoms with Crippen LogP contribution >= 0.6 is 11.3 Å². The van der Waals surface area contributed by atoms with Crippen LogP contribution in [0.3, 0.4) is 0 Å².